The van der Waals surface area contributed by atoms with Crippen molar-refractivity contribution in [3.63, 3.8) is 0 Å². The molecule has 1 saturated heterocycles. The van der Waals surface area contributed by atoms with E-state index in [4.69, 9.17) is 0 Å². The molecule has 0 spiro atoms. The summed E-state index contributed by atoms with van der Waals surface area (Å²) in [4.78, 5) is 0.295. The van der Waals surface area contributed by atoms with Crippen molar-refractivity contribution in [3.8, 4) is 0 Å². The van der Waals surface area contributed by atoms with Gasteiger partial charge in [-0.25, -0.2) is 8.42 Å². The highest BCUT2D eigenvalue weighted by atomic mass is 32.2. The summed E-state index contributed by atoms with van der Waals surface area (Å²) < 4.78 is 27.7. The third kappa shape index (κ3) is 1.99. The summed E-state index contributed by atoms with van der Waals surface area (Å²) in [5.74, 6) is 0. The molecule has 2 heterocycles. The lowest BCUT2D eigenvalue weighted by Gasteiger charge is -2.31. The summed E-state index contributed by atoms with van der Waals surface area (Å²) in [6, 6.07) is 0.0963. The number of aryl methyl sites for hydroxylation is 1. The van der Waals surface area contributed by atoms with Crippen LogP contribution in [-0.2, 0) is 17.1 Å². The van der Waals surface area contributed by atoms with Crippen molar-refractivity contribution < 1.29 is 8.42 Å². The lowest BCUT2D eigenvalue weighted by atomic mass is 10.1. The Labute approximate surface area is 96.1 Å². The second-order valence-electron chi connectivity index (χ2n) is 4.31. The molecule has 90 valence electrons. The number of hydrogen-bond donors (Lipinski definition) is 0. The monoisotopic (exact) mass is 243 g/mol. The first-order valence-electron chi connectivity index (χ1n) is 5.52. The van der Waals surface area contributed by atoms with Crippen LogP contribution in [0.25, 0.3) is 0 Å². The number of rotatable bonds is 2. The van der Waals surface area contributed by atoms with Crippen molar-refractivity contribution in [2.24, 2.45) is 7.05 Å². The molecule has 0 bridgehead atoms. The predicted molar refractivity (Wildman–Crippen MR) is 60.4 cm³/mol. The second kappa shape index (κ2) is 4.18. The molecule has 2 rings (SSSR count). The first kappa shape index (κ1) is 11.6. The number of piperidine rings is 1. The topological polar surface area (TPSA) is 55.2 Å². The van der Waals surface area contributed by atoms with E-state index in [2.05, 4.69) is 5.10 Å². The maximum atomic E-state index is 12.3. The Morgan fingerprint density at radius 1 is 1.44 bits per heavy atom. The first-order chi connectivity index (χ1) is 7.51. The minimum atomic E-state index is -3.34. The second-order valence-corrected chi connectivity index (χ2v) is 6.20. The maximum Gasteiger partial charge on any atom is 0.246 e. The average Bonchev–Trinajstić information content (AvgIpc) is 2.66. The summed E-state index contributed by atoms with van der Waals surface area (Å²) in [7, 11) is -1.62. The molecular weight excluding hydrogens is 226 g/mol. The van der Waals surface area contributed by atoms with Crippen LogP contribution in [0, 0.1) is 0 Å². The van der Waals surface area contributed by atoms with Gasteiger partial charge in [0.2, 0.25) is 10.0 Å². The van der Waals surface area contributed by atoms with Crippen LogP contribution >= 0.6 is 0 Å². The molecule has 0 N–H and O–H groups in total. The largest absolute Gasteiger partial charge is 0.274 e. The van der Waals surface area contributed by atoms with Crippen LogP contribution in [0.4, 0.5) is 0 Å². The summed E-state index contributed by atoms with van der Waals surface area (Å²) in [6.45, 7) is 2.59. The Morgan fingerprint density at radius 3 is 2.75 bits per heavy atom. The van der Waals surface area contributed by atoms with E-state index >= 15 is 0 Å². The fourth-order valence-corrected chi connectivity index (χ4v) is 3.78. The van der Waals surface area contributed by atoms with E-state index in [1.54, 1.807) is 17.5 Å². The fourth-order valence-electron chi connectivity index (χ4n) is 2.10. The van der Waals surface area contributed by atoms with E-state index in [1.807, 2.05) is 6.92 Å². The van der Waals surface area contributed by atoms with Gasteiger partial charge in [-0.15, -0.1) is 0 Å². The van der Waals surface area contributed by atoms with Gasteiger partial charge in [-0.1, -0.05) is 6.42 Å². The first-order valence-corrected chi connectivity index (χ1v) is 6.96. The molecule has 0 aliphatic carbocycles. The van der Waals surface area contributed by atoms with Gasteiger partial charge in [0.15, 0.2) is 0 Å². The Morgan fingerprint density at radius 2 is 2.19 bits per heavy atom. The minimum absolute atomic E-state index is 0.0963. The van der Waals surface area contributed by atoms with Crippen molar-refractivity contribution in [1.82, 2.24) is 14.1 Å². The third-order valence-electron chi connectivity index (χ3n) is 3.03. The molecule has 0 aromatic carbocycles. The standard InChI is InChI=1S/C10H17N3O2S/c1-9-5-3-4-6-13(9)16(14,15)10-7-11-12(2)8-10/h7-9H,3-6H2,1-2H3/t9-/m0/s1. The summed E-state index contributed by atoms with van der Waals surface area (Å²) in [5, 5.41) is 3.91. The van der Waals surface area contributed by atoms with Crippen LogP contribution in [0.1, 0.15) is 26.2 Å². The number of sulfonamides is 1. The van der Waals surface area contributed by atoms with Crippen LogP contribution in [0.2, 0.25) is 0 Å². The van der Waals surface area contributed by atoms with E-state index in [1.165, 1.54) is 10.9 Å². The van der Waals surface area contributed by atoms with Crippen LogP contribution in [0.15, 0.2) is 17.3 Å². The van der Waals surface area contributed by atoms with Crippen molar-refractivity contribution >= 4 is 10.0 Å². The zero-order valence-corrected chi connectivity index (χ0v) is 10.4. The molecular formula is C10H17N3O2S. The Bertz CT molecular complexity index is 466. The molecule has 1 aliphatic rings. The quantitative estimate of drug-likeness (QED) is 0.778. The molecule has 0 unspecified atom stereocenters. The molecule has 1 aromatic heterocycles. The van der Waals surface area contributed by atoms with Crippen LogP contribution < -0.4 is 0 Å². The molecule has 5 nitrogen and oxygen atoms in total. The molecule has 1 aromatic rings. The van der Waals surface area contributed by atoms with Gasteiger partial charge in [-0.2, -0.15) is 9.40 Å². The van der Waals surface area contributed by atoms with E-state index in [0.29, 0.717) is 11.4 Å². The lowest BCUT2D eigenvalue weighted by Crippen LogP contribution is -2.41. The van der Waals surface area contributed by atoms with Crippen molar-refractivity contribution in [2.75, 3.05) is 6.54 Å². The summed E-state index contributed by atoms with van der Waals surface area (Å²) in [6.07, 6.45) is 5.97. The van der Waals surface area contributed by atoms with Crippen molar-refractivity contribution in [1.29, 1.82) is 0 Å². The van der Waals surface area contributed by atoms with Gasteiger partial charge >= 0.3 is 0 Å². The average molecular weight is 243 g/mol. The fraction of sp³-hybridized carbons (Fsp3) is 0.700. The maximum absolute atomic E-state index is 12.3. The molecule has 1 atom stereocenters. The van der Waals surface area contributed by atoms with Gasteiger partial charge in [-0.3, -0.25) is 4.68 Å². The minimum Gasteiger partial charge on any atom is -0.274 e. The Balaban J connectivity index is 2.31. The highest BCUT2D eigenvalue weighted by molar-refractivity contribution is 7.89. The Hall–Kier alpha value is -0.880. The molecule has 6 heteroatoms. The van der Waals surface area contributed by atoms with Crippen molar-refractivity contribution in [3.05, 3.63) is 12.4 Å². The summed E-state index contributed by atoms with van der Waals surface area (Å²) >= 11 is 0. The van der Waals surface area contributed by atoms with Gasteiger partial charge in [0.05, 0.1) is 6.20 Å². The highest BCUT2D eigenvalue weighted by Gasteiger charge is 2.31. The summed E-state index contributed by atoms with van der Waals surface area (Å²) in [5.41, 5.74) is 0. The molecule has 1 aliphatic heterocycles. The number of aromatic nitrogens is 2. The molecule has 0 saturated carbocycles. The smallest absolute Gasteiger partial charge is 0.246 e. The number of nitrogens with zero attached hydrogens (tertiary/aromatic N) is 3. The zero-order valence-electron chi connectivity index (χ0n) is 9.63. The van der Waals surface area contributed by atoms with Crippen LogP contribution in [-0.4, -0.2) is 35.1 Å². The van der Waals surface area contributed by atoms with E-state index in [-0.39, 0.29) is 6.04 Å². The van der Waals surface area contributed by atoms with Gasteiger partial charge in [-0.05, 0) is 19.8 Å². The van der Waals surface area contributed by atoms with Crippen LogP contribution in [0.3, 0.4) is 0 Å². The molecule has 1 fully saturated rings. The molecule has 16 heavy (non-hydrogen) atoms. The van der Waals surface area contributed by atoms with E-state index < -0.39 is 10.0 Å². The normalized spacial score (nSPS) is 23.5. The third-order valence-corrected chi connectivity index (χ3v) is 5.00. The van der Waals surface area contributed by atoms with Gasteiger partial charge < -0.3 is 0 Å². The van der Waals surface area contributed by atoms with Gasteiger partial charge in [0.25, 0.3) is 0 Å². The number of hydrogen-bond acceptors (Lipinski definition) is 3. The van der Waals surface area contributed by atoms with E-state index in [9.17, 15) is 8.42 Å². The zero-order chi connectivity index (χ0) is 11.8. The lowest BCUT2D eigenvalue weighted by molar-refractivity contribution is 0.268. The predicted octanol–water partition coefficient (Wildman–Crippen LogP) is 0.983. The van der Waals surface area contributed by atoms with Crippen LogP contribution in [0.5, 0.6) is 0 Å². The highest BCUT2D eigenvalue weighted by Crippen LogP contribution is 2.24. The van der Waals surface area contributed by atoms with E-state index in [0.717, 1.165) is 19.3 Å². The molecule has 0 radical (unpaired) electrons. The van der Waals surface area contributed by atoms with Gasteiger partial charge in [0.1, 0.15) is 4.90 Å². The molecule has 0 amide bonds. The van der Waals surface area contributed by atoms with Gasteiger partial charge in [0, 0.05) is 25.8 Å². The Kier molecular flexibility index (Phi) is 3.03. The van der Waals surface area contributed by atoms with Crippen molar-refractivity contribution in [2.45, 2.75) is 37.1 Å². The SMILES string of the molecule is C[C@H]1CCCCN1S(=O)(=O)c1cnn(C)c1.